The summed E-state index contributed by atoms with van der Waals surface area (Å²) in [4.78, 5) is 0. The molecule has 0 spiro atoms. The summed E-state index contributed by atoms with van der Waals surface area (Å²) in [6.07, 6.45) is 0. The molecule has 0 heterocycles. The van der Waals surface area contributed by atoms with Crippen LogP contribution in [-0.4, -0.2) is 13.7 Å². The van der Waals surface area contributed by atoms with E-state index < -0.39 is 0 Å². The van der Waals surface area contributed by atoms with E-state index in [1.165, 1.54) is 11.6 Å². The number of aryl methyl sites for hydroxylation is 2. The van der Waals surface area contributed by atoms with E-state index in [1.807, 2.05) is 38.2 Å². The maximum atomic E-state index is 13.5. The predicted octanol–water partition coefficient (Wildman–Crippen LogP) is 4.15. The highest BCUT2D eigenvalue weighted by molar-refractivity contribution is 5.44. The number of ether oxygens (including phenoxy) is 1. The number of hydrogen-bond donors (Lipinski definition) is 1. The lowest BCUT2D eigenvalue weighted by Gasteiger charge is -2.21. The van der Waals surface area contributed by atoms with E-state index in [0.29, 0.717) is 12.2 Å². The summed E-state index contributed by atoms with van der Waals surface area (Å²) in [7, 11) is 1.90. The van der Waals surface area contributed by atoms with Crippen molar-refractivity contribution in [2.45, 2.75) is 26.8 Å². The summed E-state index contributed by atoms with van der Waals surface area (Å²) >= 11 is 0. The normalized spacial score (nSPS) is 12.2. The minimum absolute atomic E-state index is 0.0225. The Balaban J connectivity index is 2.49. The monoisotopic (exact) mass is 287 g/mol. The van der Waals surface area contributed by atoms with Gasteiger partial charge in [-0.2, -0.15) is 0 Å². The topological polar surface area (TPSA) is 21.3 Å². The smallest absolute Gasteiger partial charge is 0.126 e. The van der Waals surface area contributed by atoms with Crippen molar-refractivity contribution in [1.29, 1.82) is 0 Å². The fourth-order valence-electron chi connectivity index (χ4n) is 2.53. The largest absolute Gasteiger partial charge is 0.494 e. The van der Waals surface area contributed by atoms with Crippen molar-refractivity contribution in [3.63, 3.8) is 0 Å². The van der Waals surface area contributed by atoms with E-state index in [1.54, 1.807) is 6.92 Å². The first kappa shape index (κ1) is 15.5. The van der Waals surface area contributed by atoms with Crippen molar-refractivity contribution in [2.24, 2.45) is 0 Å². The number of benzene rings is 2. The lowest BCUT2D eigenvalue weighted by molar-refractivity contribution is 0.334. The molecule has 0 bridgehead atoms. The number of halogens is 1. The summed E-state index contributed by atoms with van der Waals surface area (Å²) < 4.78 is 19.2. The van der Waals surface area contributed by atoms with Crippen LogP contribution in [0.3, 0.4) is 0 Å². The zero-order chi connectivity index (χ0) is 15.4. The molecule has 0 aliphatic rings. The lowest BCUT2D eigenvalue weighted by atomic mass is 9.95. The summed E-state index contributed by atoms with van der Waals surface area (Å²) in [5.41, 5.74) is 3.93. The molecule has 1 unspecified atom stereocenters. The second-order valence-electron chi connectivity index (χ2n) is 5.20. The molecule has 1 N–H and O–H groups in total. The van der Waals surface area contributed by atoms with E-state index in [2.05, 4.69) is 18.3 Å². The molecule has 2 nitrogen and oxygen atoms in total. The van der Waals surface area contributed by atoms with Gasteiger partial charge in [0, 0.05) is 5.56 Å². The van der Waals surface area contributed by atoms with Crippen LogP contribution in [0.1, 0.15) is 35.2 Å². The summed E-state index contributed by atoms with van der Waals surface area (Å²) in [6.45, 7) is 6.43. The molecule has 0 saturated carbocycles. The molecule has 0 aromatic heterocycles. The Morgan fingerprint density at radius 3 is 2.52 bits per heavy atom. The van der Waals surface area contributed by atoms with E-state index in [0.717, 1.165) is 16.9 Å². The van der Waals surface area contributed by atoms with Gasteiger partial charge in [-0.25, -0.2) is 4.39 Å². The quantitative estimate of drug-likeness (QED) is 0.892. The van der Waals surface area contributed by atoms with Crippen LogP contribution < -0.4 is 10.1 Å². The van der Waals surface area contributed by atoms with Crippen LogP contribution in [0.4, 0.5) is 4.39 Å². The average molecular weight is 287 g/mol. The Bertz CT molecular complexity index is 625. The molecule has 3 heteroatoms. The average Bonchev–Trinajstić information content (AvgIpc) is 2.46. The molecule has 1 atom stereocenters. The third kappa shape index (κ3) is 3.42. The van der Waals surface area contributed by atoms with Crippen LogP contribution in [-0.2, 0) is 0 Å². The van der Waals surface area contributed by atoms with Gasteiger partial charge < -0.3 is 10.1 Å². The van der Waals surface area contributed by atoms with Crippen LogP contribution in [0, 0.1) is 19.7 Å². The van der Waals surface area contributed by atoms with Crippen molar-refractivity contribution in [3.05, 3.63) is 64.5 Å². The van der Waals surface area contributed by atoms with Crippen LogP contribution >= 0.6 is 0 Å². The van der Waals surface area contributed by atoms with Gasteiger partial charge in [0.25, 0.3) is 0 Å². The van der Waals surface area contributed by atoms with Crippen molar-refractivity contribution in [1.82, 2.24) is 5.32 Å². The van der Waals surface area contributed by atoms with Gasteiger partial charge in [-0.05, 0) is 51.1 Å². The van der Waals surface area contributed by atoms with Gasteiger partial charge >= 0.3 is 0 Å². The first-order valence-electron chi connectivity index (χ1n) is 7.23. The summed E-state index contributed by atoms with van der Waals surface area (Å²) in [6, 6.07) is 11.4. The van der Waals surface area contributed by atoms with Crippen molar-refractivity contribution < 1.29 is 9.13 Å². The first-order valence-corrected chi connectivity index (χ1v) is 7.23. The van der Waals surface area contributed by atoms with Gasteiger partial charge in [0.15, 0.2) is 0 Å². The minimum atomic E-state index is -0.178. The van der Waals surface area contributed by atoms with Crippen LogP contribution in [0.5, 0.6) is 5.75 Å². The molecule has 0 aliphatic heterocycles. The van der Waals surface area contributed by atoms with Gasteiger partial charge in [0.2, 0.25) is 0 Å². The molecule has 21 heavy (non-hydrogen) atoms. The van der Waals surface area contributed by atoms with Gasteiger partial charge in [0.1, 0.15) is 11.6 Å². The minimum Gasteiger partial charge on any atom is -0.494 e. The zero-order valence-electron chi connectivity index (χ0n) is 13.0. The van der Waals surface area contributed by atoms with E-state index >= 15 is 0 Å². The van der Waals surface area contributed by atoms with Gasteiger partial charge in [-0.3, -0.25) is 0 Å². The summed E-state index contributed by atoms with van der Waals surface area (Å²) in [5, 5.41) is 3.30. The molecule has 0 amide bonds. The summed E-state index contributed by atoms with van der Waals surface area (Å²) in [5.74, 6) is 0.687. The Morgan fingerprint density at radius 2 is 1.90 bits per heavy atom. The van der Waals surface area contributed by atoms with Crippen LogP contribution in [0.25, 0.3) is 0 Å². The standard InChI is InChI=1S/C18H22FNO/c1-5-21-17-9-6-12(2)10-15(17)18(20-4)14-7-8-16(19)13(3)11-14/h6-11,18,20H,5H2,1-4H3. The van der Waals surface area contributed by atoms with Crippen molar-refractivity contribution in [2.75, 3.05) is 13.7 Å². The number of hydrogen-bond acceptors (Lipinski definition) is 2. The Kier molecular flexibility index (Phi) is 4.97. The van der Waals surface area contributed by atoms with Crippen LogP contribution in [0.2, 0.25) is 0 Å². The maximum absolute atomic E-state index is 13.5. The Morgan fingerprint density at radius 1 is 1.14 bits per heavy atom. The SMILES string of the molecule is CCOc1ccc(C)cc1C(NC)c1ccc(F)c(C)c1. The Labute approximate surface area is 126 Å². The second-order valence-corrected chi connectivity index (χ2v) is 5.20. The number of nitrogens with one attached hydrogen (secondary N) is 1. The van der Waals surface area contributed by atoms with Gasteiger partial charge in [-0.1, -0.05) is 29.8 Å². The fourth-order valence-corrected chi connectivity index (χ4v) is 2.53. The first-order chi connectivity index (χ1) is 10.1. The second kappa shape index (κ2) is 6.72. The van der Waals surface area contributed by atoms with Crippen molar-refractivity contribution in [3.8, 4) is 5.75 Å². The fraction of sp³-hybridized carbons (Fsp3) is 0.333. The molecule has 2 aromatic carbocycles. The Hall–Kier alpha value is -1.87. The highest BCUT2D eigenvalue weighted by atomic mass is 19.1. The lowest BCUT2D eigenvalue weighted by Crippen LogP contribution is -2.19. The van der Waals surface area contributed by atoms with Crippen molar-refractivity contribution >= 4 is 0 Å². The third-order valence-electron chi connectivity index (χ3n) is 3.58. The molecule has 0 saturated heterocycles. The molecule has 112 valence electrons. The molecule has 0 fully saturated rings. The third-order valence-corrected chi connectivity index (χ3v) is 3.58. The highest BCUT2D eigenvalue weighted by Crippen LogP contribution is 2.31. The number of rotatable bonds is 5. The van der Waals surface area contributed by atoms with E-state index in [-0.39, 0.29) is 11.9 Å². The predicted molar refractivity (Wildman–Crippen MR) is 84.4 cm³/mol. The molecular formula is C18H22FNO. The molecule has 0 aliphatic carbocycles. The van der Waals surface area contributed by atoms with Crippen LogP contribution in [0.15, 0.2) is 36.4 Å². The maximum Gasteiger partial charge on any atom is 0.126 e. The molecule has 2 aromatic rings. The molecule has 2 rings (SSSR count). The van der Waals surface area contributed by atoms with Gasteiger partial charge in [0.05, 0.1) is 12.6 Å². The molecule has 0 radical (unpaired) electrons. The van der Waals surface area contributed by atoms with Gasteiger partial charge in [-0.15, -0.1) is 0 Å². The van der Waals surface area contributed by atoms with E-state index in [9.17, 15) is 4.39 Å². The highest BCUT2D eigenvalue weighted by Gasteiger charge is 2.17. The van der Waals surface area contributed by atoms with E-state index in [4.69, 9.17) is 4.74 Å². The molecular weight excluding hydrogens is 265 g/mol. The zero-order valence-corrected chi connectivity index (χ0v) is 13.0.